The second-order valence-electron chi connectivity index (χ2n) is 4.33. The van der Waals surface area contributed by atoms with E-state index >= 15 is 0 Å². The number of nitrogens with one attached hydrogen (secondary N) is 2. The van der Waals surface area contributed by atoms with Gasteiger partial charge in [-0.25, -0.2) is 0 Å². The summed E-state index contributed by atoms with van der Waals surface area (Å²) in [6, 6.07) is 6.11. The smallest absolute Gasteiger partial charge is 0.293 e. The second-order valence-corrected chi connectivity index (χ2v) is 4.33. The van der Waals surface area contributed by atoms with Crippen LogP contribution in [0.15, 0.2) is 41.2 Å². The fourth-order valence-corrected chi connectivity index (χ4v) is 1.83. The van der Waals surface area contributed by atoms with Crippen molar-refractivity contribution in [1.29, 1.82) is 0 Å². The molecule has 110 valence electrons. The maximum Gasteiger partial charge on any atom is 0.293 e. The van der Waals surface area contributed by atoms with Gasteiger partial charge in [0.15, 0.2) is 0 Å². The minimum Gasteiger partial charge on any atom is -0.472 e. The van der Waals surface area contributed by atoms with Crippen molar-refractivity contribution >= 4 is 17.3 Å². The van der Waals surface area contributed by atoms with Crippen LogP contribution in [-0.2, 0) is 6.54 Å². The standard InChI is InChI=1S/C14H15N3O4/c1-2-15-14(18)11-3-4-12(13(7-11)17(19)20)16-8-10-5-6-21-9-10/h3-7,9,16H,2,8H2,1H3,(H,15,18). The third-order valence-corrected chi connectivity index (χ3v) is 2.86. The summed E-state index contributed by atoms with van der Waals surface area (Å²) < 4.78 is 4.93. The fourth-order valence-electron chi connectivity index (χ4n) is 1.83. The van der Waals surface area contributed by atoms with E-state index < -0.39 is 4.92 Å². The normalized spacial score (nSPS) is 10.1. The van der Waals surface area contributed by atoms with E-state index in [0.717, 1.165) is 5.56 Å². The van der Waals surface area contributed by atoms with Gasteiger partial charge in [-0.15, -0.1) is 0 Å². The number of benzene rings is 1. The molecule has 0 saturated heterocycles. The number of furan rings is 1. The Bertz CT molecular complexity index is 638. The molecule has 2 N–H and O–H groups in total. The second kappa shape index (κ2) is 6.56. The molecule has 0 aliphatic rings. The predicted octanol–water partition coefficient (Wildman–Crippen LogP) is 2.55. The van der Waals surface area contributed by atoms with Crippen LogP contribution in [0.5, 0.6) is 0 Å². The molecule has 0 bridgehead atoms. The third kappa shape index (κ3) is 3.59. The van der Waals surface area contributed by atoms with Crippen molar-refractivity contribution in [1.82, 2.24) is 5.32 Å². The summed E-state index contributed by atoms with van der Waals surface area (Å²) in [4.78, 5) is 22.3. The highest BCUT2D eigenvalue weighted by Crippen LogP contribution is 2.26. The number of hydrogen-bond acceptors (Lipinski definition) is 5. The average Bonchev–Trinajstić information content (AvgIpc) is 2.98. The van der Waals surface area contributed by atoms with E-state index in [2.05, 4.69) is 10.6 Å². The Morgan fingerprint density at radius 2 is 2.19 bits per heavy atom. The van der Waals surface area contributed by atoms with Crippen LogP contribution < -0.4 is 10.6 Å². The van der Waals surface area contributed by atoms with Crippen LogP contribution in [0.25, 0.3) is 0 Å². The zero-order valence-electron chi connectivity index (χ0n) is 11.5. The number of hydrogen-bond donors (Lipinski definition) is 2. The molecular formula is C14H15N3O4. The minimum absolute atomic E-state index is 0.137. The van der Waals surface area contributed by atoms with Crippen molar-refractivity contribution in [2.24, 2.45) is 0 Å². The molecule has 0 aliphatic carbocycles. The molecule has 1 heterocycles. The first-order chi connectivity index (χ1) is 10.1. The highest BCUT2D eigenvalue weighted by Gasteiger charge is 2.17. The van der Waals surface area contributed by atoms with E-state index in [1.807, 2.05) is 0 Å². The first-order valence-corrected chi connectivity index (χ1v) is 6.43. The topological polar surface area (TPSA) is 97.4 Å². The van der Waals surface area contributed by atoms with Crippen LogP contribution >= 0.6 is 0 Å². The third-order valence-electron chi connectivity index (χ3n) is 2.86. The Labute approximate surface area is 121 Å². The van der Waals surface area contributed by atoms with Gasteiger partial charge in [-0.3, -0.25) is 14.9 Å². The molecule has 2 aromatic rings. The molecule has 1 amide bonds. The van der Waals surface area contributed by atoms with Crippen molar-refractivity contribution in [3.05, 3.63) is 58.0 Å². The van der Waals surface area contributed by atoms with E-state index in [9.17, 15) is 14.9 Å². The molecule has 0 spiro atoms. The van der Waals surface area contributed by atoms with E-state index in [0.29, 0.717) is 18.8 Å². The quantitative estimate of drug-likeness (QED) is 0.629. The molecule has 1 aromatic heterocycles. The molecule has 0 fully saturated rings. The zero-order valence-corrected chi connectivity index (χ0v) is 11.5. The van der Waals surface area contributed by atoms with Crippen LogP contribution in [0, 0.1) is 10.1 Å². The van der Waals surface area contributed by atoms with Gasteiger partial charge in [0.2, 0.25) is 0 Å². The zero-order chi connectivity index (χ0) is 15.2. The lowest BCUT2D eigenvalue weighted by molar-refractivity contribution is -0.384. The van der Waals surface area contributed by atoms with Crippen molar-refractivity contribution in [3.8, 4) is 0 Å². The minimum atomic E-state index is -0.513. The number of amides is 1. The van der Waals surface area contributed by atoms with Gasteiger partial charge in [-0.1, -0.05) is 0 Å². The fraction of sp³-hybridized carbons (Fsp3) is 0.214. The maximum absolute atomic E-state index is 11.7. The van der Waals surface area contributed by atoms with E-state index in [1.165, 1.54) is 18.4 Å². The summed E-state index contributed by atoms with van der Waals surface area (Å²) in [5, 5.41) is 16.7. The van der Waals surface area contributed by atoms with Gasteiger partial charge in [0.1, 0.15) is 5.69 Å². The Morgan fingerprint density at radius 3 is 2.81 bits per heavy atom. The Kier molecular flexibility index (Phi) is 4.55. The highest BCUT2D eigenvalue weighted by atomic mass is 16.6. The van der Waals surface area contributed by atoms with Gasteiger partial charge < -0.3 is 15.1 Å². The van der Waals surface area contributed by atoms with Crippen molar-refractivity contribution in [2.75, 3.05) is 11.9 Å². The molecule has 0 unspecified atom stereocenters. The number of carbonyl (C=O) groups is 1. The van der Waals surface area contributed by atoms with Crippen LogP contribution in [0.2, 0.25) is 0 Å². The largest absolute Gasteiger partial charge is 0.472 e. The summed E-state index contributed by atoms with van der Waals surface area (Å²) in [5.74, 6) is -0.331. The summed E-state index contributed by atoms with van der Waals surface area (Å²) in [5.41, 5.74) is 1.35. The van der Waals surface area contributed by atoms with Crippen LogP contribution in [-0.4, -0.2) is 17.4 Å². The van der Waals surface area contributed by atoms with Gasteiger partial charge in [0.05, 0.1) is 17.4 Å². The first-order valence-electron chi connectivity index (χ1n) is 6.43. The lowest BCUT2D eigenvalue weighted by Gasteiger charge is -2.08. The van der Waals surface area contributed by atoms with E-state index in [1.54, 1.807) is 25.3 Å². The Hall–Kier alpha value is -2.83. The van der Waals surface area contributed by atoms with Crippen LogP contribution in [0.1, 0.15) is 22.8 Å². The van der Waals surface area contributed by atoms with Crippen molar-refractivity contribution < 1.29 is 14.1 Å². The lowest BCUT2D eigenvalue weighted by atomic mass is 10.1. The molecule has 0 aliphatic heterocycles. The van der Waals surface area contributed by atoms with Gasteiger partial charge in [0, 0.05) is 30.3 Å². The maximum atomic E-state index is 11.7. The van der Waals surface area contributed by atoms with Gasteiger partial charge in [-0.2, -0.15) is 0 Å². The van der Waals surface area contributed by atoms with Crippen LogP contribution in [0.3, 0.4) is 0 Å². The number of nitrogens with zero attached hydrogens (tertiary/aromatic N) is 1. The number of rotatable bonds is 6. The number of nitro groups is 1. The molecule has 0 atom stereocenters. The molecule has 0 saturated carbocycles. The molecule has 1 aromatic carbocycles. The monoisotopic (exact) mass is 289 g/mol. The van der Waals surface area contributed by atoms with E-state index in [4.69, 9.17) is 4.42 Å². The SMILES string of the molecule is CCNC(=O)c1ccc(NCc2ccoc2)c([N+](=O)[O-])c1. The van der Waals surface area contributed by atoms with Crippen molar-refractivity contribution in [3.63, 3.8) is 0 Å². The molecule has 7 nitrogen and oxygen atoms in total. The van der Waals surface area contributed by atoms with Gasteiger partial charge in [0.25, 0.3) is 11.6 Å². The lowest BCUT2D eigenvalue weighted by Crippen LogP contribution is -2.22. The average molecular weight is 289 g/mol. The summed E-state index contributed by atoms with van der Waals surface area (Å²) >= 11 is 0. The number of anilines is 1. The molecule has 2 rings (SSSR count). The number of nitro benzene ring substituents is 1. The molecule has 7 heteroatoms. The van der Waals surface area contributed by atoms with Crippen LogP contribution in [0.4, 0.5) is 11.4 Å². The van der Waals surface area contributed by atoms with Gasteiger partial charge in [-0.05, 0) is 25.1 Å². The highest BCUT2D eigenvalue weighted by molar-refractivity contribution is 5.95. The Morgan fingerprint density at radius 1 is 1.38 bits per heavy atom. The Balaban J connectivity index is 2.20. The summed E-state index contributed by atoms with van der Waals surface area (Å²) in [7, 11) is 0. The molecule has 21 heavy (non-hydrogen) atoms. The molecular weight excluding hydrogens is 274 g/mol. The number of carbonyl (C=O) groups excluding carboxylic acids is 1. The summed E-state index contributed by atoms with van der Waals surface area (Å²) in [6.45, 7) is 2.65. The summed E-state index contributed by atoms with van der Waals surface area (Å²) in [6.07, 6.45) is 3.09. The molecule has 0 radical (unpaired) electrons. The predicted molar refractivity (Wildman–Crippen MR) is 77.1 cm³/mol. The van der Waals surface area contributed by atoms with Gasteiger partial charge >= 0.3 is 0 Å². The van der Waals surface area contributed by atoms with Crippen molar-refractivity contribution in [2.45, 2.75) is 13.5 Å². The first kappa shape index (κ1) is 14.6. The van der Waals surface area contributed by atoms with E-state index in [-0.39, 0.29) is 17.2 Å².